The van der Waals surface area contributed by atoms with Crippen LogP contribution in [0.25, 0.3) is 11.0 Å². The fraction of sp³-hybridized carbons (Fsp3) is 0.333. The number of imidazole rings is 1. The second-order valence-corrected chi connectivity index (χ2v) is 6.87. The molecule has 0 radical (unpaired) electrons. The minimum absolute atomic E-state index is 0.0876. The molecule has 7 heteroatoms. The van der Waals surface area contributed by atoms with E-state index in [2.05, 4.69) is 20.6 Å². The number of alkyl halides is 2. The van der Waals surface area contributed by atoms with Gasteiger partial charge in [0.2, 0.25) is 11.9 Å². The summed E-state index contributed by atoms with van der Waals surface area (Å²) >= 11 is 0. The van der Waals surface area contributed by atoms with Gasteiger partial charge in [0.1, 0.15) is 0 Å². The number of fused-ring (bicyclic) bond motifs is 1. The molecule has 1 atom stereocenters. The van der Waals surface area contributed by atoms with Crippen molar-refractivity contribution in [2.75, 3.05) is 11.9 Å². The van der Waals surface area contributed by atoms with Gasteiger partial charge in [-0.25, -0.2) is 13.8 Å². The van der Waals surface area contributed by atoms with Gasteiger partial charge in [-0.15, -0.1) is 0 Å². The smallest absolute Gasteiger partial charge is 0.270 e. The molecular formula is C21H24F2N4O. The average molecular weight is 386 g/mol. The number of H-pyrrole nitrogens is 1. The predicted molar refractivity (Wildman–Crippen MR) is 106 cm³/mol. The Balaban J connectivity index is 1.89. The molecule has 0 fully saturated rings. The van der Waals surface area contributed by atoms with E-state index in [0.29, 0.717) is 18.1 Å². The number of carbonyl (C=O) groups excluding carboxylic acids is 1. The van der Waals surface area contributed by atoms with Crippen LogP contribution < -0.4 is 10.6 Å². The molecule has 1 amide bonds. The van der Waals surface area contributed by atoms with Crippen molar-refractivity contribution in [3.8, 4) is 0 Å². The first-order chi connectivity index (χ1) is 13.4. The number of nitrogens with zero attached hydrogens (tertiary/aromatic N) is 1. The van der Waals surface area contributed by atoms with Gasteiger partial charge in [-0.1, -0.05) is 37.3 Å². The first-order valence-electron chi connectivity index (χ1n) is 9.33. The minimum Gasteiger partial charge on any atom is -0.356 e. The molecular weight excluding hydrogens is 362 g/mol. The Morgan fingerprint density at radius 3 is 2.71 bits per heavy atom. The summed E-state index contributed by atoms with van der Waals surface area (Å²) in [6, 6.07) is 13.2. The van der Waals surface area contributed by atoms with E-state index in [1.165, 1.54) is 12.1 Å². The number of rotatable bonds is 8. The number of hydrogen-bond acceptors (Lipinski definition) is 3. The number of nitrogens with one attached hydrogen (secondary N) is 3. The monoisotopic (exact) mass is 386 g/mol. The zero-order valence-electron chi connectivity index (χ0n) is 15.9. The highest BCUT2D eigenvalue weighted by molar-refractivity contribution is 5.79. The Kier molecular flexibility index (Phi) is 5.92. The van der Waals surface area contributed by atoms with Crippen molar-refractivity contribution in [3.05, 3.63) is 59.7 Å². The van der Waals surface area contributed by atoms with Gasteiger partial charge in [-0.2, -0.15) is 0 Å². The molecule has 3 aromatic rings. The number of benzene rings is 2. The Labute approximate surface area is 162 Å². The molecule has 1 unspecified atom stereocenters. The van der Waals surface area contributed by atoms with Crippen molar-refractivity contribution in [2.24, 2.45) is 0 Å². The van der Waals surface area contributed by atoms with Crippen LogP contribution in [0.4, 0.5) is 14.7 Å². The molecule has 148 valence electrons. The summed E-state index contributed by atoms with van der Waals surface area (Å²) in [4.78, 5) is 19.9. The van der Waals surface area contributed by atoms with E-state index >= 15 is 0 Å². The number of halogens is 2. The molecule has 0 aliphatic heterocycles. The lowest BCUT2D eigenvalue weighted by Crippen LogP contribution is -2.28. The van der Waals surface area contributed by atoms with Gasteiger partial charge < -0.3 is 15.6 Å². The van der Waals surface area contributed by atoms with E-state index in [9.17, 15) is 13.6 Å². The molecule has 0 spiro atoms. The van der Waals surface area contributed by atoms with E-state index in [1.54, 1.807) is 12.1 Å². The van der Waals surface area contributed by atoms with Gasteiger partial charge in [0.25, 0.3) is 5.92 Å². The van der Waals surface area contributed by atoms with Gasteiger partial charge in [0.05, 0.1) is 23.5 Å². The quantitative estimate of drug-likeness (QED) is 0.523. The Hall–Kier alpha value is -2.96. The van der Waals surface area contributed by atoms with Crippen molar-refractivity contribution < 1.29 is 13.6 Å². The molecule has 0 saturated heterocycles. The number of carbonyl (C=O) groups is 1. The number of anilines is 1. The van der Waals surface area contributed by atoms with Crippen LogP contribution in [0.3, 0.4) is 0 Å². The highest BCUT2D eigenvalue weighted by atomic mass is 19.3. The molecule has 0 aliphatic rings. The molecule has 3 N–H and O–H groups in total. The van der Waals surface area contributed by atoms with Crippen LogP contribution >= 0.6 is 0 Å². The van der Waals surface area contributed by atoms with Crippen molar-refractivity contribution in [2.45, 2.75) is 38.7 Å². The standard InChI is InChI=1S/C21H24F2N4O/c1-3-11-24-19(28)13-18(14-7-6-8-15(12-14)21(2,22)23)27-20-25-16-9-4-5-10-17(16)26-20/h4-10,12,18H,3,11,13H2,1-2H3,(H,24,28)(H2,25,26,27). The third-order valence-electron chi connectivity index (χ3n) is 4.46. The molecule has 28 heavy (non-hydrogen) atoms. The Morgan fingerprint density at radius 1 is 1.21 bits per heavy atom. The molecule has 5 nitrogen and oxygen atoms in total. The molecule has 0 aliphatic carbocycles. The summed E-state index contributed by atoms with van der Waals surface area (Å²) in [6.07, 6.45) is 0.931. The summed E-state index contributed by atoms with van der Waals surface area (Å²) in [7, 11) is 0. The van der Waals surface area contributed by atoms with Gasteiger partial charge >= 0.3 is 0 Å². The Bertz CT molecular complexity index is 916. The number of hydrogen-bond donors (Lipinski definition) is 3. The highest BCUT2D eigenvalue weighted by Crippen LogP contribution is 2.30. The minimum atomic E-state index is -2.95. The van der Waals surface area contributed by atoms with Gasteiger partial charge in [0.15, 0.2) is 0 Å². The second kappa shape index (κ2) is 8.37. The van der Waals surface area contributed by atoms with Gasteiger partial charge in [-0.05, 0) is 30.2 Å². The lowest BCUT2D eigenvalue weighted by atomic mass is 9.99. The van der Waals surface area contributed by atoms with Crippen LogP contribution in [-0.2, 0) is 10.7 Å². The average Bonchev–Trinajstić information content (AvgIpc) is 3.07. The largest absolute Gasteiger partial charge is 0.356 e. The fourth-order valence-corrected chi connectivity index (χ4v) is 2.99. The summed E-state index contributed by atoms with van der Waals surface area (Å²) < 4.78 is 27.6. The van der Waals surface area contributed by atoms with E-state index < -0.39 is 12.0 Å². The second-order valence-electron chi connectivity index (χ2n) is 6.87. The molecule has 0 saturated carbocycles. The normalized spacial score (nSPS) is 12.7. The van der Waals surface area contributed by atoms with Crippen LogP contribution in [0.2, 0.25) is 0 Å². The van der Waals surface area contributed by atoms with Crippen LogP contribution in [0.5, 0.6) is 0 Å². The lowest BCUT2D eigenvalue weighted by Gasteiger charge is -2.20. The van der Waals surface area contributed by atoms with E-state index in [0.717, 1.165) is 24.4 Å². The predicted octanol–water partition coefficient (Wildman–Crippen LogP) is 4.74. The van der Waals surface area contributed by atoms with Crippen molar-refractivity contribution in [3.63, 3.8) is 0 Å². The SMILES string of the molecule is CCCNC(=O)CC(Nc1nc2ccccc2[nH]1)c1cccc(C(C)(F)F)c1. The molecule has 2 aromatic carbocycles. The topological polar surface area (TPSA) is 69.8 Å². The van der Waals surface area contributed by atoms with Crippen LogP contribution in [0, 0.1) is 0 Å². The maximum Gasteiger partial charge on any atom is 0.270 e. The number of amides is 1. The number of aromatic amines is 1. The fourth-order valence-electron chi connectivity index (χ4n) is 2.99. The highest BCUT2D eigenvalue weighted by Gasteiger charge is 2.26. The summed E-state index contributed by atoms with van der Waals surface area (Å²) in [5.41, 5.74) is 2.16. The van der Waals surface area contributed by atoms with Gasteiger partial charge in [-0.3, -0.25) is 4.79 Å². The van der Waals surface area contributed by atoms with Crippen molar-refractivity contribution in [1.82, 2.24) is 15.3 Å². The van der Waals surface area contributed by atoms with Gasteiger partial charge in [0, 0.05) is 19.0 Å². The van der Waals surface area contributed by atoms with Crippen LogP contribution in [0.15, 0.2) is 48.5 Å². The first-order valence-corrected chi connectivity index (χ1v) is 9.33. The van der Waals surface area contributed by atoms with Crippen molar-refractivity contribution in [1.29, 1.82) is 0 Å². The van der Waals surface area contributed by atoms with E-state index in [4.69, 9.17) is 0 Å². The third kappa shape index (κ3) is 4.85. The molecule has 1 heterocycles. The number of para-hydroxylation sites is 2. The summed E-state index contributed by atoms with van der Waals surface area (Å²) in [5.74, 6) is -2.61. The van der Waals surface area contributed by atoms with E-state index in [1.807, 2.05) is 31.2 Å². The maximum atomic E-state index is 13.8. The third-order valence-corrected chi connectivity index (χ3v) is 4.46. The summed E-state index contributed by atoms with van der Waals surface area (Å²) in [6.45, 7) is 3.40. The maximum absolute atomic E-state index is 13.8. The molecule has 0 bridgehead atoms. The van der Waals surface area contributed by atoms with E-state index in [-0.39, 0.29) is 17.9 Å². The first kappa shape index (κ1) is 19.8. The van der Waals surface area contributed by atoms with Crippen LogP contribution in [-0.4, -0.2) is 22.4 Å². The van der Waals surface area contributed by atoms with Crippen LogP contribution in [0.1, 0.15) is 43.9 Å². The number of aromatic nitrogens is 2. The molecule has 3 rings (SSSR count). The zero-order valence-corrected chi connectivity index (χ0v) is 15.9. The Morgan fingerprint density at radius 2 is 2.00 bits per heavy atom. The molecule has 1 aromatic heterocycles. The van der Waals surface area contributed by atoms with Crippen molar-refractivity contribution >= 4 is 22.9 Å². The lowest BCUT2D eigenvalue weighted by molar-refractivity contribution is -0.121. The summed E-state index contributed by atoms with van der Waals surface area (Å²) in [5, 5.41) is 6.03. The zero-order chi connectivity index (χ0) is 20.1.